The van der Waals surface area contributed by atoms with Gasteiger partial charge in [-0.2, -0.15) is 0 Å². The molecule has 146 valence electrons. The van der Waals surface area contributed by atoms with Gasteiger partial charge >= 0.3 is 5.97 Å². The predicted octanol–water partition coefficient (Wildman–Crippen LogP) is 4.46. The van der Waals surface area contributed by atoms with Gasteiger partial charge in [-0.15, -0.1) is 0 Å². The van der Waals surface area contributed by atoms with Crippen molar-refractivity contribution >= 4 is 16.9 Å². The minimum atomic E-state index is -0.697. The molecular weight excluding hydrogens is 352 g/mol. The predicted molar refractivity (Wildman–Crippen MR) is 109 cm³/mol. The molecule has 1 atom stereocenters. The second kappa shape index (κ2) is 7.68. The average Bonchev–Trinajstić information content (AvgIpc) is 3.10. The van der Waals surface area contributed by atoms with Crippen LogP contribution in [0.1, 0.15) is 31.1 Å². The van der Waals surface area contributed by atoms with Crippen LogP contribution >= 0.6 is 0 Å². The molecule has 0 saturated carbocycles. The van der Waals surface area contributed by atoms with E-state index in [1.54, 1.807) is 0 Å². The van der Waals surface area contributed by atoms with Crippen molar-refractivity contribution < 1.29 is 14.6 Å². The van der Waals surface area contributed by atoms with Crippen molar-refractivity contribution in [3.8, 4) is 5.75 Å². The van der Waals surface area contributed by atoms with Gasteiger partial charge in [0.1, 0.15) is 11.9 Å². The zero-order chi connectivity index (χ0) is 19.7. The van der Waals surface area contributed by atoms with Crippen molar-refractivity contribution in [1.82, 2.24) is 9.88 Å². The molecule has 1 unspecified atom stereocenters. The van der Waals surface area contributed by atoms with Crippen LogP contribution in [0.5, 0.6) is 5.75 Å². The third-order valence-corrected chi connectivity index (χ3v) is 5.41. The molecule has 5 heteroatoms. The number of hydrogen-bond acceptors (Lipinski definition) is 3. The molecule has 2 N–H and O–H groups in total. The van der Waals surface area contributed by atoms with Crippen molar-refractivity contribution in [2.75, 3.05) is 13.1 Å². The number of H-pyrrole nitrogens is 1. The number of aromatic nitrogens is 1. The number of nitrogens with zero attached hydrogens (tertiary/aromatic N) is 1. The highest BCUT2D eigenvalue weighted by Crippen LogP contribution is 2.30. The summed E-state index contributed by atoms with van der Waals surface area (Å²) < 4.78 is 6.33. The molecule has 0 aliphatic carbocycles. The maximum absolute atomic E-state index is 10.9. The first-order valence-electron chi connectivity index (χ1n) is 9.77. The third kappa shape index (κ3) is 3.90. The van der Waals surface area contributed by atoms with E-state index in [4.69, 9.17) is 9.84 Å². The smallest absolute Gasteiger partial charge is 0.309 e. The van der Waals surface area contributed by atoms with Gasteiger partial charge in [0.2, 0.25) is 0 Å². The summed E-state index contributed by atoms with van der Waals surface area (Å²) in [6.45, 7) is 6.38. The molecule has 0 bridgehead atoms. The molecule has 0 amide bonds. The fourth-order valence-electron chi connectivity index (χ4n) is 3.77. The second-order valence-electron chi connectivity index (χ2n) is 7.98. The first-order chi connectivity index (χ1) is 13.5. The number of nitrogens with one attached hydrogen (secondary N) is 1. The topological polar surface area (TPSA) is 65.6 Å². The van der Waals surface area contributed by atoms with E-state index >= 15 is 0 Å². The standard InChI is InChI=1S/C23H26N2O3/c1-15(2)22(18-5-8-21-17(11-18)9-10-24-21)28-20-6-3-16(4-7-20)12-25-13-19(14-25)23(26)27/h3-11,15,19,22,24H,12-14H2,1-2H3,(H,26,27). The lowest BCUT2D eigenvalue weighted by Crippen LogP contribution is -2.49. The van der Waals surface area contributed by atoms with Crippen LogP contribution in [0.25, 0.3) is 10.9 Å². The van der Waals surface area contributed by atoms with Crippen molar-refractivity contribution in [1.29, 1.82) is 0 Å². The number of fused-ring (bicyclic) bond motifs is 1. The molecule has 0 spiro atoms. The SMILES string of the molecule is CC(C)C(Oc1ccc(CN2CC(C(=O)O)C2)cc1)c1ccc2[nH]ccc2c1. The minimum absolute atomic E-state index is 0.0168. The van der Waals surface area contributed by atoms with Crippen LogP contribution in [0, 0.1) is 11.8 Å². The Morgan fingerprint density at radius 2 is 1.93 bits per heavy atom. The molecule has 2 aromatic carbocycles. The normalized spacial score (nSPS) is 16.2. The number of likely N-dealkylation sites (tertiary alicyclic amines) is 1. The molecular formula is C23H26N2O3. The molecule has 3 aromatic rings. The van der Waals surface area contributed by atoms with Gasteiger partial charge in [0.25, 0.3) is 0 Å². The lowest BCUT2D eigenvalue weighted by Gasteiger charge is -2.36. The summed E-state index contributed by atoms with van der Waals surface area (Å²) in [6, 6.07) is 16.6. The van der Waals surface area contributed by atoms with Crippen LogP contribution in [0.2, 0.25) is 0 Å². The van der Waals surface area contributed by atoms with Gasteiger partial charge in [-0.1, -0.05) is 32.0 Å². The highest BCUT2D eigenvalue weighted by Gasteiger charge is 2.32. The Morgan fingerprint density at radius 3 is 2.61 bits per heavy atom. The molecule has 1 fully saturated rings. The van der Waals surface area contributed by atoms with Gasteiger partial charge in [0.15, 0.2) is 0 Å². The number of aliphatic carboxylic acids is 1. The lowest BCUT2D eigenvalue weighted by molar-refractivity contribution is -0.147. The molecule has 2 heterocycles. The van der Waals surface area contributed by atoms with Gasteiger partial charge in [0.05, 0.1) is 5.92 Å². The maximum atomic E-state index is 10.9. The molecule has 5 nitrogen and oxygen atoms in total. The lowest BCUT2D eigenvalue weighted by atomic mass is 9.97. The van der Waals surface area contributed by atoms with E-state index in [2.05, 4.69) is 60.1 Å². The van der Waals surface area contributed by atoms with Crippen LogP contribution < -0.4 is 4.74 Å². The summed E-state index contributed by atoms with van der Waals surface area (Å²) in [4.78, 5) is 16.3. The number of carboxylic acid groups (broad SMARTS) is 1. The van der Waals surface area contributed by atoms with Crippen molar-refractivity contribution in [2.45, 2.75) is 26.5 Å². The molecule has 0 radical (unpaired) electrons. The van der Waals surface area contributed by atoms with Crippen LogP contribution in [-0.2, 0) is 11.3 Å². The molecule has 1 aliphatic heterocycles. The van der Waals surface area contributed by atoms with Gasteiger partial charge in [-0.25, -0.2) is 0 Å². The molecule has 28 heavy (non-hydrogen) atoms. The van der Waals surface area contributed by atoms with E-state index in [9.17, 15) is 4.79 Å². The Bertz CT molecular complexity index is 955. The summed E-state index contributed by atoms with van der Waals surface area (Å²) in [5, 5.41) is 10.2. The van der Waals surface area contributed by atoms with E-state index in [0.29, 0.717) is 19.0 Å². The van der Waals surface area contributed by atoms with Crippen molar-refractivity contribution in [3.63, 3.8) is 0 Å². The summed E-state index contributed by atoms with van der Waals surface area (Å²) in [6.07, 6.45) is 1.94. The highest BCUT2D eigenvalue weighted by molar-refractivity contribution is 5.80. The molecule has 4 rings (SSSR count). The Balaban J connectivity index is 1.42. The van der Waals surface area contributed by atoms with Gasteiger partial charge in [-0.3, -0.25) is 9.69 Å². The molecule has 1 aromatic heterocycles. The zero-order valence-corrected chi connectivity index (χ0v) is 16.3. The number of carboxylic acids is 1. The van der Waals surface area contributed by atoms with Gasteiger partial charge in [-0.05, 0) is 52.8 Å². The first kappa shape index (κ1) is 18.6. The Morgan fingerprint density at radius 1 is 1.18 bits per heavy atom. The largest absolute Gasteiger partial charge is 0.485 e. The summed E-state index contributed by atoms with van der Waals surface area (Å²) >= 11 is 0. The van der Waals surface area contributed by atoms with Gasteiger partial charge in [0, 0.05) is 31.3 Å². The number of aromatic amines is 1. The molecule has 1 saturated heterocycles. The number of ether oxygens (including phenoxy) is 1. The number of hydrogen-bond donors (Lipinski definition) is 2. The fourth-order valence-corrected chi connectivity index (χ4v) is 3.77. The molecule has 1 aliphatic rings. The third-order valence-electron chi connectivity index (χ3n) is 5.41. The summed E-state index contributed by atoms with van der Waals surface area (Å²) in [5.41, 5.74) is 3.48. The van der Waals surface area contributed by atoms with Crippen molar-refractivity contribution in [2.24, 2.45) is 11.8 Å². The first-order valence-corrected chi connectivity index (χ1v) is 9.77. The van der Waals surface area contributed by atoms with Crippen LogP contribution in [-0.4, -0.2) is 34.0 Å². The number of benzene rings is 2. The fraction of sp³-hybridized carbons (Fsp3) is 0.348. The van der Waals surface area contributed by atoms with E-state index in [0.717, 1.165) is 17.8 Å². The van der Waals surface area contributed by atoms with Crippen LogP contribution in [0.4, 0.5) is 0 Å². The number of carbonyl (C=O) groups is 1. The van der Waals surface area contributed by atoms with E-state index in [1.807, 2.05) is 18.3 Å². The summed E-state index contributed by atoms with van der Waals surface area (Å²) in [5.74, 6) is 0.276. The number of rotatable bonds is 7. The summed E-state index contributed by atoms with van der Waals surface area (Å²) in [7, 11) is 0. The Hall–Kier alpha value is -2.79. The Kier molecular flexibility index (Phi) is 5.09. The zero-order valence-electron chi connectivity index (χ0n) is 16.3. The minimum Gasteiger partial charge on any atom is -0.485 e. The second-order valence-corrected chi connectivity index (χ2v) is 7.98. The van der Waals surface area contributed by atoms with E-state index in [1.165, 1.54) is 16.5 Å². The van der Waals surface area contributed by atoms with Crippen molar-refractivity contribution in [3.05, 3.63) is 65.9 Å². The van der Waals surface area contributed by atoms with Crippen LogP contribution in [0.3, 0.4) is 0 Å². The van der Waals surface area contributed by atoms with E-state index in [-0.39, 0.29) is 12.0 Å². The monoisotopic (exact) mass is 378 g/mol. The van der Waals surface area contributed by atoms with Gasteiger partial charge < -0.3 is 14.8 Å². The maximum Gasteiger partial charge on any atom is 0.309 e. The quantitative estimate of drug-likeness (QED) is 0.637. The van der Waals surface area contributed by atoms with Crippen LogP contribution in [0.15, 0.2) is 54.7 Å². The highest BCUT2D eigenvalue weighted by atomic mass is 16.5. The Labute approximate surface area is 164 Å². The van der Waals surface area contributed by atoms with E-state index < -0.39 is 5.97 Å². The average molecular weight is 378 g/mol.